The second-order valence-electron chi connectivity index (χ2n) is 2.82. The quantitative estimate of drug-likeness (QED) is 0.842. The molecule has 0 fully saturated rings. The maximum atomic E-state index is 12.6. The fourth-order valence-electron chi connectivity index (χ4n) is 1.10. The molecule has 0 radical (unpaired) electrons. The number of nitrogens with zero attached hydrogens (tertiary/aromatic N) is 2. The van der Waals surface area contributed by atoms with Crippen LogP contribution >= 0.6 is 23.2 Å². The monoisotopic (exact) mass is 275 g/mol. The molecular weight excluding hydrogens is 270 g/mol. The molecule has 0 spiro atoms. The van der Waals surface area contributed by atoms with Crippen molar-refractivity contribution in [1.29, 1.82) is 0 Å². The minimum Gasteiger partial charge on any atom is -0.321 e. The Hall–Kier alpha value is -0.950. The molecule has 1 aromatic rings. The van der Waals surface area contributed by atoms with E-state index in [1.165, 1.54) is 0 Å². The summed E-state index contributed by atoms with van der Waals surface area (Å²) in [4.78, 5) is 10.9. The van der Waals surface area contributed by atoms with Crippen molar-refractivity contribution >= 4 is 34.8 Å². The van der Waals surface area contributed by atoms with Crippen molar-refractivity contribution in [3.05, 3.63) is 10.8 Å². The van der Waals surface area contributed by atoms with Crippen LogP contribution in [0.3, 0.4) is 0 Å². The van der Waals surface area contributed by atoms with Gasteiger partial charge in [0, 0.05) is 7.05 Å². The van der Waals surface area contributed by atoms with E-state index < -0.39 is 34.5 Å². The van der Waals surface area contributed by atoms with E-state index in [1.54, 1.807) is 0 Å². The molecule has 0 saturated heterocycles. The molecule has 0 aliphatic rings. The summed E-state index contributed by atoms with van der Waals surface area (Å²) in [5, 5.41) is 4.88. The lowest BCUT2D eigenvalue weighted by atomic mass is 10.3. The van der Waals surface area contributed by atoms with Gasteiger partial charge in [-0.15, -0.1) is 11.6 Å². The highest BCUT2D eigenvalue weighted by molar-refractivity contribution is 6.34. The van der Waals surface area contributed by atoms with E-state index >= 15 is 0 Å². The van der Waals surface area contributed by atoms with E-state index in [2.05, 4.69) is 5.10 Å². The summed E-state index contributed by atoms with van der Waals surface area (Å²) in [5.41, 5.74) is -1.71. The Kier molecular flexibility index (Phi) is 3.69. The highest BCUT2D eigenvalue weighted by atomic mass is 35.5. The van der Waals surface area contributed by atoms with Crippen molar-refractivity contribution < 1.29 is 18.0 Å². The van der Waals surface area contributed by atoms with E-state index in [0.29, 0.717) is 4.68 Å². The molecule has 0 saturated carbocycles. The molecule has 0 bridgehead atoms. The summed E-state index contributed by atoms with van der Waals surface area (Å²) in [6, 6.07) is 0. The Morgan fingerprint density at radius 1 is 1.56 bits per heavy atom. The topological polar surface area (TPSA) is 46.9 Å². The molecule has 0 atom stereocenters. The summed E-state index contributed by atoms with van der Waals surface area (Å²) < 4.78 is 38.3. The summed E-state index contributed by atoms with van der Waals surface area (Å²) in [5.74, 6) is -1.26. The molecule has 0 aromatic carbocycles. The molecule has 9 heteroatoms. The van der Waals surface area contributed by atoms with Gasteiger partial charge in [0.25, 0.3) is 0 Å². The van der Waals surface area contributed by atoms with Crippen LogP contribution in [0.25, 0.3) is 0 Å². The standard InChI is InChI=1S/C7H6Cl2F3N3O/c1-15-5(7(10,11)12)4(6(9)14-15)13-3(16)2-8/h2H2,1H3,(H,13,16). The number of nitrogens with one attached hydrogen (secondary N) is 1. The van der Waals surface area contributed by atoms with Crippen LogP contribution in [0.2, 0.25) is 5.15 Å². The number of carbonyl (C=O) groups is 1. The summed E-state index contributed by atoms with van der Waals surface area (Å²) in [6.45, 7) is 0. The van der Waals surface area contributed by atoms with Gasteiger partial charge in [-0.05, 0) is 0 Å². The maximum Gasteiger partial charge on any atom is 0.435 e. The molecule has 0 aliphatic carbocycles. The van der Waals surface area contributed by atoms with Gasteiger partial charge in [0.05, 0.1) is 0 Å². The molecule has 1 aromatic heterocycles. The number of hydrogen-bond donors (Lipinski definition) is 1. The predicted molar refractivity (Wildman–Crippen MR) is 52.6 cm³/mol. The minimum absolute atomic E-state index is 0.437. The maximum absolute atomic E-state index is 12.6. The molecule has 16 heavy (non-hydrogen) atoms. The first-order valence-corrected chi connectivity index (χ1v) is 4.84. The van der Waals surface area contributed by atoms with Crippen molar-refractivity contribution in [2.24, 2.45) is 7.05 Å². The first-order chi connectivity index (χ1) is 7.27. The third kappa shape index (κ3) is 2.59. The minimum atomic E-state index is -4.66. The number of carbonyl (C=O) groups excluding carboxylic acids is 1. The van der Waals surface area contributed by atoms with Crippen molar-refractivity contribution in [1.82, 2.24) is 9.78 Å². The number of anilines is 1. The van der Waals surface area contributed by atoms with E-state index in [0.717, 1.165) is 7.05 Å². The number of rotatable bonds is 2. The Bertz CT molecular complexity index is 416. The lowest BCUT2D eigenvalue weighted by molar-refractivity contribution is -0.143. The molecule has 1 heterocycles. The molecular formula is C7H6Cl2F3N3O. The Balaban J connectivity index is 3.21. The Morgan fingerprint density at radius 2 is 2.12 bits per heavy atom. The number of aromatic nitrogens is 2. The summed E-state index contributed by atoms with van der Waals surface area (Å²) in [6.07, 6.45) is -4.66. The van der Waals surface area contributed by atoms with Crippen LogP contribution in [0.1, 0.15) is 5.69 Å². The fourth-order valence-corrected chi connectivity index (χ4v) is 1.42. The van der Waals surface area contributed by atoms with Gasteiger partial charge in [-0.1, -0.05) is 11.6 Å². The van der Waals surface area contributed by atoms with Gasteiger partial charge in [-0.2, -0.15) is 18.3 Å². The van der Waals surface area contributed by atoms with Crippen molar-refractivity contribution in [2.45, 2.75) is 6.18 Å². The van der Waals surface area contributed by atoms with Crippen LogP contribution in [-0.2, 0) is 18.0 Å². The molecule has 0 unspecified atom stereocenters. The molecule has 4 nitrogen and oxygen atoms in total. The lowest BCUT2D eigenvalue weighted by Gasteiger charge is -2.09. The first-order valence-electron chi connectivity index (χ1n) is 3.93. The zero-order valence-electron chi connectivity index (χ0n) is 7.90. The van der Waals surface area contributed by atoms with Crippen LogP contribution < -0.4 is 5.32 Å². The van der Waals surface area contributed by atoms with E-state index in [-0.39, 0.29) is 0 Å². The van der Waals surface area contributed by atoms with Gasteiger partial charge in [0.15, 0.2) is 10.8 Å². The van der Waals surface area contributed by atoms with Crippen LogP contribution in [0.15, 0.2) is 0 Å². The zero-order valence-corrected chi connectivity index (χ0v) is 9.41. The molecule has 90 valence electrons. The first kappa shape index (κ1) is 13.1. The average Bonchev–Trinajstić information content (AvgIpc) is 2.40. The van der Waals surface area contributed by atoms with Gasteiger partial charge in [0.2, 0.25) is 5.91 Å². The third-order valence-corrected chi connectivity index (χ3v) is 2.17. The summed E-state index contributed by atoms with van der Waals surface area (Å²) >= 11 is 10.6. The van der Waals surface area contributed by atoms with Gasteiger partial charge < -0.3 is 5.32 Å². The third-order valence-electron chi connectivity index (χ3n) is 1.66. The predicted octanol–water partition coefficient (Wildman–Crippen LogP) is 2.27. The lowest BCUT2D eigenvalue weighted by Crippen LogP contribution is -2.18. The van der Waals surface area contributed by atoms with Crippen LogP contribution in [0, 0.1) is 0 Å². The normalized spacial score (nSPS) is 11.6. The van der Waals surface area contributed by atoms with Crippen molar-refractivity contribution in [2.75, 3.05) is 11.2 Å². The Morgan fingerprint density at radius 3 is 2.56 bits per heavy atom. The van der Waals surface area contributed by atoms with Crippen LogP contribution in [0.4, 0.5) is 18.9 Å². The van der Waals surface area contributed by atoms with Crippen LogP contribution in [0.5, 0.6) is 0 Å². The fraction of sp³-hybridized carbons (Fsp3) is 0.429. The smallest absolute Gasteiger partial charge is 0.321 e. The van der Waals surface area contributed by atoms with Crippen molar-refractivity contribution in [3.8, 4) is 0 Å². The molecule has 1 amide bonds. The number of alkyl halides is 4. The zero-order chi connectivity index (χ0) is 12.5. The number of aryl methyl sites for hydroxylation is 1. The molecule has 1 rings (SSSR count). The Labute approximate surface area is 98.3 Å². The van der Waals surface area contributed by atoms with Crippen molar-refractivity contribution in [3.63, 3.8) is 0 Å². The van der Waals surface area contributed by atoms with Crippen LogP contribution in [-0.4, -0.2) is 21.6 Å². The van der Waals surface area contributed by atoms with Gasteiger partial charge in [-0.25, -0.2) is 0 Å². The number of amides is 1. The largest absolute Gasteiger partial charge is 0.435 e. The molecule has 0 aliphatic heterocycles. The van der Waals surface area contributed by atoms with Gasteiger partial charge >= 0.3 is 6.18 Å². The van der Waals surface area contributed by atoms with E-state index in [1.807, 2.05) is 5.32 Å². The van der Waals surface area contributed by atoms with E-state index in [4.69, 9.17) is 23.2 Å². The average molecular weight is 276 g/mol. The van der Waals surface area contributed by atoms with E-state index in [9.17, 15) is 18.0 Å². The second-order valence-corrected chi connectivity index (χ2v) is 3.44. The molecule has 1 N–H and O–H groups in total. The SMILES string of the molecule is Cn1nc(Cl)c(NC(=O)CCl)c1C(F)(F)F. The highest BCUT2D eigenvalue weighted by Crippen LogP contribution is 2.38. The second kappa shape index (κ2) is 4.50. The summed E-state index contributed by atoms with van der Waals surface area (Å²) in [7, 11) is 1.07. The number of halogens is 5. The van der Waals surface area contributed by atoms with Gasteiger partial charge in [-0.3, -0.25) is 9.48 Å². The van der Waals surface area contributed by atoms with Gasteiger partial charge in [0.1, 0.15) is 11.6 Å². The number of hydrogen-bond acceptors (Lipinski definition) is 2. The highest BCUT2D eigenvalue weighted by Gasteiger charge is 2.39.